The van der Waals surface area contributed by atoms with Gasteiger partial charge < -0.3 is 5.32 Å². The van der Waals surface area contributed by atoms with Crippen molar-refractivity contribution in [2.24, 2.45) is 22.9 Å². The standard InChI is InChI=1S/C17H24N2O3S/c1-11(13-3-2-4-16(9-13)23(18,21)22)19-17(20)10-15-8-12-5-6-14(15)7-12/h2-4,9,11-12,14-15H,5-8,10H2,1H3,(H,19,20)(H2,18,21,22). The highest BCUT2D eigenvalue weighted by Gasteiger charge is 2.40. The number of fused-ring (bicyclic) bond motifs is 2. The molecule has 2 aliphatic rings. The highest BCUT2D eigenvalue weighted by molar-refractivity contribution is 7.89. The van der Waals surface area contributed by atoms with Crippen molar-refractivity contribution in [1.29, 1.82) is 0 Å². The van der Waals surface area contributed by atoms with Crippen molar-refractivity contribution in [3.05, 3.63) is 29.8 Å². The quantitative estimate of drug-likeness (QED) is 0.865. The fraction of sp³-hybridized carbons (Fsp3) is 0.588. The first-order valence-electron chi connectivity index (χ1n) is 8.25. The number of benzene rings is 1. The van der Waals surface area contributed by atoms with E-state index in [4.69, 9.17) is 5.14 Å². The SMILES string of the molecule is CC(NC(=O)CC1CC2CCC1C2)c1cccc(S(N)(=O)=O)c1. The maximum Gasteiger partial charge on any atom is 0.238 e. The van der Waals surface area contributed by atoms with Gasteiger partial charge >= 0.3 is 0 Å². The highest BCUT2D eigenvalue weighted by Crippen LogP contribution is 2.49. The van der Waals surface area contributed by atoms with Crippen LogP contribution in [0.3, 0.4) is 0 Å². The van der Waals surface area contributed by atoms with Crippen LogP contribution in [0, 0.1) is 17.8 Å². The summed E-state index contributed by atoms with van der Waals surface area (Å²) in [5, 5.41) is 8.14. The molecule has 126 valence electrons. The Morgan fingerprint density at radius 2 is 2.13 bits per heavy atom. The Bertz CT molecular complexity index is 702. The van der Waals surface area contributed by atoms with Gasteiger partial charge in [-0.2, -0.15) is 0 Å². The topological polar surface area (TPSA) is 89.3 Å². The maximum absolute atomic E-state index is 12.3. The molecule has 1 amide bonds. The molecule has 5 nitrogen and oxygen atoms in total. The van der Waals surface area contributed by atoms with Crippen LogP contribution in [-0.2, 0) is 14.8 Å². The molecule has 4 atom stereocenters. The molecule has 0 spiro atoms. The minimum atomic E-state index is -3.72. The van der Waals surface area contributed by atoms with Gasteiger partial charge in [0.1, 0.15) is 0 Å². The highest BCUT2D eigenvalue weighted by atomic mass is 32.2. The number of hydrogen-bond acceptors (Lipinski definition) is 3. The third-order valence-electron chi connectivity index (χ3n) is 5.40. The molecule has 1 aromatic carbocycles. The lowest BCUT2D eigenvalue weighted by Crippen LogP contribution is -2.29. The molecule has 6 heteroatoms. The third-order valence-corrected chi connectivity index (χ3v) is 6.31. The van der Waals surface area contributed by atoms with Crippen LogP contribution in [0.1, 0.15) is 50.6 Å². The van der Waals surface area contributed by atoms with E-state index in [1.165, 1.54) is 37.8 Å². The van der Waals surface area contributed by atoms with Crippen LogP contribution >= 0.6 is 0 Å². The molecule has 23 heavy (non-hydrogen) atoms. The molecule has 2 bridgehead atoms. The summed E-state index contributed by atoms with van der Waals surface area (Å²) >= 11 is 0. The molecule has 0 radical (unpaired) electrons. The van der Waals surface area contributed by atoms with Gasteiger partial charge in [-0.3, -0.25) is 4.79 Å². The van der Waals surface area contributed by atoms with Gasteiger partial charge in [0.15, 0.2) is 0 Å². The van der Waals surface area contributed by atoms with E-state index in [0.717, 1.165) is 17.4 Å². The van der Waals surface area contributed by atoms with Crippen molar-refractivity contribution in [2.45, 2.75) is 50.0 Å². The van der Waals surface area contributed by atoms with Gasteiger partial charge in [0, 0.05) is 6.42 Å². The molecule has 0 heterocycles. The molecule has 2 aliphatic carbocycles. The van der Waals surface area contributed by atoms with Crippen LogP contribution < -0.4 is 10.5 Å². The fourth-order valence-corrected chi connectivity index (χ4v) is 4.78. The average molecular weight is 336 g/mol. The summed E-state index contributed by atoms with van der Waals surface area (Å²) in [6.07, 6.45) is 5.67. The lowest BCUT2D eigenvalue weighted by molar-refractivity contribution is -0.123. The molecule has 2 saturated carbocycles. The Morgan fingerprint density at radius 1 is 1.35 bits per heavy atom. The summed E-state index contributed by atoms with van der Waals surface area (Å²) in [5.74, 6) is 2.14. The van der Waals surface area contributed by atoms with Crippen molar-refractivity contribution < 1.29 is 13.2 Å². The zero-order valence-electron chi connectivity index (χ0n) is 13.4. The minimum absolute atomic E-state index is 0.0519. The minimum Gasteiger partial charge on any atom is -0.350 e. The van der Waals surface area contributed by atoms with Crippen LogP contribution in [0.5, 0.6) is 0 Å². The van der Waals surface area contributed by atoms with Crippen molar-refractivity contribution in [3.63, 3.8) is 0 Å². The Balaban J connectivity index is 1.60. The molecule has 1 aromatic rings. The van der Waals surface area contributed by atoms with Crippen molar-refractivity contribution in [3.8, 4) is 0 Å². The molecule has 2 fully saturated rings. The number of rotatable bonds is 5. The summed E-state index contributed by atoms with van der Waals surface area (Å²) in [6, 6.07) is 6.20. The number of amides is 1. The lowest BCUT2D eigenvalue weighted by Gasteiger charge is -2.22. The second kappa shape index (κ2) is 6.24. The van der Waals surface area contributed by atoms with E-state index in [-0.39, 0.29) is 16.8 Å². The predicted octanol–water partition coefficient (Wildman–Crippen LogP) is 2.34. The zero-order valence-corrected chi connectivity index (χ0v) is 14.2. The Labute approximate surface area is 137 Å². The van der Waals surface area contributed by atoms with Crippen LogP contribution in [0.15, 0.2) is 29.2 Å². The Morgan fingerprint density at radius 3 is 2.74 bits per heavy atom. The van der Waals surface area contributed by atoms with E-state index in [2.05, 4.69) is 5.32 Å². The van der Waals surface area contributed by atoms with Gasteiger partial charge in [0.25, 0.3) is 0 Å². The normalized spacial score (nSPS) is 27.8. The number of sulfonamides is 1. The average Bonchev–Trinajstić information content (AvgIpc) is 3.09. The van der Waals surface area contributed by atoms with E-state index >= 15 is 0 Å². The first-order valence-corrected chi connectivity index (χ1v) is 9.79. The van der Waals surface area contributed by atoms with Gasteiger partial charge in [0.2, 0.25) is 15.9 Å². The van der Waals surface area contributed by atoms with Gasteiger partial charge in [-0.1, -0.05) is 18.6 Å². The monoisotopic (exact) mass is 336 g/mol. The van der Waals surface area contributed by atoms with Gasteiger partial charge in [-0.25, -0.2) is 13.6 Å². The van der Waals surface area contributed by atoms with Crippen molar-refractivity contribution in [1.82, 2.24) is 5.32 Å². The van der Waals surface area contributed by atoms with E-state index in [1.54, 1.807) is 12.1 Å². The predicted molar refractivity (Wildman–Crippen MR) is 87.9 cm³/mol. The van der Waals surface area contributed by atoms with Gasteiger partial charge in [-0.05, 0) is 61.6 Å². The van der Waals surface area contributed by atoms with Crippen LogP contribution in [0.25, 0.3) is 0 Å². The first kappa shape index (κ1) is 16.5. The molecule has 0 aliphatic heterocycles. The molecule has 4 unspecified atom stereocenters. The molecule has 3 rings (SSSR count). The van der Waals surface area contributed by atoms with E-state index < -0.39 is 10.0 Å². The summed E-state index contributed by atoms with van der Waals surface area (Å²) in [4.78, 5) is 12.4. The van der Waals surface area contributed by atoms with Gasteiger partial charge in [0.05, 0.1) is 10.9 Å². The number of nitrogens with two attached hydrogens (primary N) is 1. The van der Waals surface area contributed by atoms with E-state index in [0.29, 0.717) is 12.3 Å². The summed E-state index contributed by atoms with van der Waals surface area (Å²) in [7, 11) is -3.72. The summed E-state index contributed by atoms with van der Waals surface area (Å²) < 4.78 is 22.8. The largest absolute Gasteiger partial charge is 0.350 e. The first-order chi connectivity index (χ1) is 10.8. The molecule has 3 N–H and O–H groups in total. The molecular formula is C17H24N2O3S. The van der Waals surface area contributed by atoms with E-state index in [1.807, 2.05) is 6.92 Å². The van der Waals surface area contributed by atoms with E-state index in [9.17, 15) is 13.2 Å². The summed E-state index contributed by atoms with van der Waals surface area (Å²) in [6.45, 7) is 1.86. The Kier molecular flexibility index (Phi) is 4.47. The smallest absolute Gasteiger partial charge is 0.238 e. The van der Waals surface area contributed by atoms with Crippen LogP contribution in [0.4, 0.5) is 0 Å². The second-order valence-corrected chi connectivity index (χ2v) is 8.61. The van der Waals surface area contributed by atoms with Crippen LogP contribution in [0.2, 0.25) is 0 Å². The number of carbonyl (C=O) groups is 1. The van der Waals surface area contributed by atoms with Crippen LogP contribution in [-0.4, -0.2) is 14.3 Å². The molecule has 0 saturated heterocycles. The van der Waals surface area contributed by atoms with Crippen molar-refractivity contribution in [2.75, 3.05) is 0 Å². The van der Waals surface area contributed by atoms with Crippen molar-refractivity contribution >= 4 is 15.9 Å². The van der Waals surface area contributed by atoms with Gasteiger partial charge in [-0.15, -0.1) is 0 Å². The molecule has 0 aromatic heterocycles. The summed E-state index contributed by atoms with van der Waals surface area (Å²) in [5.41, 5.74) is 0.748. The molecular weight excluding hydrogens is 312 g/mol. The third kappa shape index (κ3) is 3.75. The number of hydrogen-bond donors (Lipinski definition) is 2. The zero-order chi connectivity index (χ0) is 16.6. The number of nitrogens with one attached hydrogen (secondary N) is 1. The fourth-order valence-electron chi connectivity index (χ4n) is 4.21. The lowest BCUT2D eigenvalue weighted by atomic mass is 9.86. The number of primary sulfonamides is 1. The maximum atomic E-state index is 12.3. The second-order valence-electron chi connectivity index (χ2n) is 7.05. The Hall–Kier alpha value is -1.40. The number of carbonyl (C=O) groups excluding carboxylic acids is 1.